The van der Waals surface area contributed by atoms with Crippen LogP contribution in [0.2, 0.25) is 0 Å². The van der Waals surface area contributed by atoms with Crippen LogP contribution in [0.3, 0.4) is 0 Å². The molecule has 1 aromatic heterocycles. The maximum Gasteiger partial charge on any atom is 0.234 e. The molecule has 0 unspecified atom stereocenters. The lowest BCUT2D eigenvalue weighted by Crippen LogP contribution is -2.11. The van der Waals surface area contributed by atoms with Crippen LogP contribution in [0.1, 0.15) is 0 Å². The van der Waals surface area contributed by atoms with Crippen LogP contribution in [0.4, 0.5) is 5.69 Å². The third kappa shape index (κ3) is 2.04. The summed E-state index contributed by atoms with van der Waals surface area (Å²) in [5.74, 6) is 0.164. The third-order valence-electron chi connectivity index (χ3n) is 0.949. The Bertz CT molecular complexity index is 208. The van der Waals surface area contributed by atoms with Crippen molar-refractivity contribution in [1.82, 2.24) is 0 Å². The van der Waals surface area contributed by atoms with E-state index in [-0.39, 0.29) is 11.7 Å². The molecule has 0 radical (unpaired) electrons. The Labute approximate surface area is 68.7 Å². The summed E-state index contributed by atoms with van der Waals surface area (Å²) in [5.41, 5.74) is 0.851. The number of carbonyl (C=O) groups is 1. The molecule has 1 amide bonds. The third-order valence-corrected chi connectivity index (χ3v) is 1.92. The van der Waals surface area contributed by atoms with Crippen LogP contribution in [-0.2, 0) is 4.79 Å². The Morgan fingerprint density at radius 3 is 3.10 bits per heavy atom. The monoisotopic (exact) mass is 173 g/mol. The van der Waals surface area contributed by atoms with Crippen LogP contribution in [0, 0.1) is 0 Å². The SMILES string of the molecule is O=C(CS)Nc1ccsc1. The predicted molar refractivity (Wildman–Crippen MR) is 46.8 cm³/mol. The van der Waals surface area contributed by atoms with Gasteiger partial charge in [-0.05, 0) is 11.4 Å². The van der Waals surface area contributed by atoms with Crippen molar-refractivity contribution in [3.8, 4) is 0 Å². The van der Waals surface area contributed by atoms with Gasteiger partial charge in [0.2, 0.25) is 5.91 Å². The molecule has 0 aliphatic heterocycles. The lowest BCUT2D eigenvalue weighted by atomic mass is 10.5. The lowest BCUT2D eigenvalue weighted by Gasteiger charge is -1.96. The zero-order chi connectivity index (χ0) is 7.40. The second kappa shape index (κ2) is 3.63. The van der Waals surface area contributed by atoms with Gasteiger partial charge in [-0.2, -0.15) is 24.0 Å². The van der Waals surface area contributed by atoms with Gasteiger partial charge in [-0.15, -0.1) is 0 Å². The summed E-state index contributed by atoms with van der Waals surface area (Å²) in [5, 5.41) is 6.45. The van der Waals surface area contributed by atoms with Crippen molar-refractivity contribution >= 4 is 35.6 Å². The maximum absolute atomic E-state index is 10.7. The fourth-order valence-corrected chi connectivity index (χ4v) is 1.20. The molecule has 1 N–H and O–H groups in total. The summed E-state index contributed by atoms with van der Waals surface area (Å²) in [6.07, 6.45) is 0. The molecule has 0 saturated heterocycles. The molecule has 54 valence electrons. The van der Waals surface area contributed by atoms with E-state index in [2.05, 4.69) is 17.9 Å². The van der Waals surface area contributed by atoms with E-state index in [0.717, 1.165) is 5.69 Å². The van der Waals surface area contributed by atoms with Crippen LogP contribution in [0.15, 0.2) is 16.8 Å². The maximum atomic E-state index is 10.7. The molecule has 10 heavy (non-hydrogen) atoms. The van der Waals surface area contributed by atoms with E-state index >= 15 is 0 Å². The van der Waals surface area contributed by atoms with Crippen LogP contribution in [0.25, 0.3) is 0 Å². The van der Waals surface area contributed by atoms with Crippen molar-refractivity contribution in [3.05, 3.63) is 16.8 Å². The molecule has 1 aromatic rings. The molecule has 1 heterocycles. The second-order valence-electron chi connectivity index (χ2n) is 1.72. The first-order valence-electron chi connectivity index (χ1n) is 2.76. The fourth-order valence-electron chi connectivity index (χ4n) is 0.536. The van der Waals surface area contributed by atoms with Gasteiger partial charge in [-0.3, -0.25) is 4.79 Å². The number of hydrogen-bond donors (Lipinski definition) is 2. The fraction of sp³-hybridized carbons (Fsp3) is 0.167. The highest BCUT2D eigenvalue weighted by atomic mass is 32.1. The van der Waals surface area contributed by atoms with Gasteiger partial charge in [0, 0.05) is 5.38 Å². The second-order valence-corrected chi connectivity index (χ2v) is 2.81. The van der Waals surface area contributed by atoms with Gasteiger partial charge < -0.3 is 5.32 Å². The first-order valence-corrected chi connectivity index (χ1v) is 4.33. The molecule has 0 aromatic carbocycles. The quantitative estimate of drug-likeness (QED) is 0.654. The minimum Gasteiger partial charge on any atom is -0.325 e. The van der Waals surface area contributed by atoms with Crippen molar-refractivity contribution in [1.29, 1.82) is 0 Å². The summed E-state index contributed by atoms with van der Waals surface area (Å²) in [6.45, 7) is 0. The molecule has 1 rings (SSSR count). The number of thiophene rings is 1. The van der Waals surface area contributed by atoms with E-state index in [1.165, 1.54) is 0 Å². The predicted octanol–water partition coefficient (Wildman–Crippen LogP) is 1.62. The van der Waals surface area contributed by atoms with Gasteiger partial charge in [0.1, 0.15) is 0 Å². The van der Waals surface area contributed by atoms with Crippen molar-refractivity contribution < 1.29 is 4.79 Å². The topological polar surface area (TPSA) is 29.1 Å². The van der Waals surface area contributed by atoms with E-state index in [9.17, 15) is 4.79 Å². The van der Waals surface area contributed by atoms with E-state index in [4.69, 9.17) is 0 Å². The number of hydrogen-bond acceptors (Lipinski definition) is 3. The smallest absolute Gasteiger partial charge is 0.234 e. The molecule has 2 nitrogen and oxygen atoms in total. The lowest BCUT2D eigenvalue weighted by molar-refractivity contribution is -0.113. The highest BCUT2D eigenvalue weighted by Gasteiger charge is 1.97. The largest absolute Gasteiger partial charge is 0.325 e. The Balaban J connectivity index is 2.48. The van der Waals surface area contributed by atoms with Gasteiger partial charge >= 0.3 is 0 Å². The first kappa shape index (κ1) is 7.63. The number of thiol groups is 1. The molecular weight excluding hydrogens is 166 g/mol. The summed E-state index contributed by atoms with van der Waals surface area (Å²) in [4.78, 5) is 10.7. The standard InChI is InChI=1S/C6H7NOS2/c8-6(3-9)7-5-1-2-10-4-5/h1-2,4,9H,3H2,(H,7,8). The molecular formula is C6H7NOS2. The average Bonchev–Trinajstić information content (AvgIpc) is 2.40. The molecule has 0 atom stereocenters. The Morgan fingerprint density at radius 2 is 2.60 bits per heavy atom. The van der Waals surface area contributed by atoms with Gasteiger partial charge in [0.25, 0.3) is 0 Å². The summed E-state index contributed by atoms with van der Waals surface area (Å²) < 4.78 is 0. The van der Waals surface area contributed by atoms with Gasteiger partial charge in [0.05, 0.1) is 11.4 Å². The van der Waals surface area contributed by atoms with Gasteiger partial charge in [-0.1, -0.05) is 0 Å². The van der Waals surface area contributed by atoms with E-state index < -0.39 is 0 Å². The first-order chi connectivity index (χ1) is 4.83. The number of anilines is 1. The summed E-state index contributed by atoms with van der Waals surface area (Å²) in [7, 11) is 0. The Kier molecular flexibility index (Phi) is 2.77. The zero-order valence-electron chi connectivity index (χ0n) is 5.20. The number of rotatable bonds is 2. The highest BCUT2D eigenvalue weighted by Crippen LogP contribution is 2.11. The van der Waals surface area contributed by atoms with Crippen molar-refractivity contribution in [2.24, 2.45) is 0 Å². The van der Waals surface area contributed by atoms with Crippen LogP contribution < -0.4 is 5.32 Å². The van der Waals surface area contributed by atoms with E-state index in [1.807, 2.05) is 16.8 Å². The molecule has 0 bridgehead atoms. The molecule has 0 fully saturated rings. The molecule has 4 heteroatoms. The molecule has 0 spiro atoms. The van der Waals surface area contributed by atoms with Crippen LogP contribution >= 0.6 is 24.0 Å². The van der Waals surface area contributed by atoms with Gasteiger partial charge in [-0.25, -0.2) is 0 Å². The van der Waals surface area contributed by atoms with Gasteiger partial charge in [0.15, 0.2) is 0 Å². The highest BCUT2D eigenvalue weighted by molar-refractivity contribution is 7.81. The molecule has 0 aliphatic rings. The number of nitrogens with one attached hydrogen (secondary N) is 1. The normalized spacial score (nSPS) is 9.30. The minimum atomic E-state index is -0.0678. The van der Waals surface area contributed by atoms with E-state index in [0.29, 0.717) is 0 Å². The van der Waals surface area contributed by atoms with Crippen molar-refractivity contribution in [2.75, 3.05) is 11.1 Å². The average molecular weight is 173 g/mol. The Hall–Kier alpha value is -0.480. The number of amides is 1. The molecule has 0 saturated carbocycles. The minimum absolute atomic E-state index is 0.0678. The van der Waals surface area contributed by atoms with Crippen molar-refractivity contribution in [3.63, 3.8) is 0 Å². The van der Waals surface area contributed by atoms with Crippen molar-refractivity contribution in [2.45, 2.75) is 0 Å². The van der Waals surface area contributed by atoms with Crippen LogP contribution in [0.5, 0.6) is 0 Å². The summed E-state index contributed by atoms with van der Waals surface area (Å²) >= 11 is 5.37. The summed E-state index contributed by atoms with van der Waals surface area (Å²) in [6, 6.07) is 1.85. The zero-order valence-corrected chi connectivity index (χ0v) is 6.91. The number of carbonyl (C=O) groups excluding carboxylic acids is 1. The Morgan fingerprint density at radius 1 is 1.80 bits per heavy atom. The van der Waals surface area contributed by atoms with Crippen LogP contribution in [-0.4, -0.2) is 11.7 Å². The van der Waals surface area contributed by atoms with E-state index in [1.54, 1.807) is 11.3 Å². The molecule has 0 aliphatic carbocycles.